The fourth-order valence-electron chi connectivity index (χ4n) is 3.10. The number of imidazole rings is 1. The smallest absolute Gasteiger partial charge is 0.268 e. The zero-order chi connectivity index (χ0) is 19.8. The number of halogens is 1. The van der Waals surface area contributed by atoms with Crippen molar-refractivity contribution in [1.29, 1.82) is 0 Å². The van der Waals surface area contributed by atoms with Gasteiger partial charge in [0, 0.05) is 17.1 Å². The van der Waals surface area contributed by atoms with Crippen molar-refractivity contribution in [1.82, 2.24) is 18.7 Å². The maximum absolute atomic E-state index is 13.1. The Hall–Kier alpha value is -3.45. The lowest BCUT2D eigenvalue weighted by molar-refractivity contribution is 0.0963. The number of carbonyl (C=O) groups excluding carboxylic acids is 1. The molecule has 0 fully saturated rings. The van der Waals surface area contributed by atoms with Crippen LogP contribution in [-0.2, 0) is 6.54 Å². The molecule has 4 aromatic rings. The van der Waals surface area contributed by atoms with E-state index in [0.717, 1.165) is 4.57 Å². The molecule has 0 aliphatic heterocycles. The molecule has 0 aliphatic carbocycles. The minimum absolute atomic E-state index is 0.0423. The van der Waals surface area contributed by atoms with E-state index in [0.29, 0.717) is 16.3 Å². The third kappa shape index (κ3) is 2.76. The lowest BCUT2D eigenvalue weighted by atomic mass is 10.2. The molecule has 0 radical (unpaired) electrons. The van der Waals surface area contributed by atoms with Crippen LogP contribution < -0.4 is 11.2 Å². The predicted molar refractivity (Wildman–Crippen MR) is 106 cm³/mol. The van der Waals surface area contributed by atoms with Gasteiger partial charge in [-0.2, -0.15) is 0 Å². The van der Waals surface area contributed by atoms with Gasteiger partial charge in [-0.3, -0.25) is 14.2 Å². The van der Waals surface area contributed by atoms with Crippen LogP contribution in [0.4, 0.5) is 0 Å². The molecule has 140 valence electrons. The molecule has 0 unspecified atom stereocenters. The number of carbonyl (C=O) groups is 1. The van der Waals surface area contributed by atoms with Crippen molar-refractivity contribution in [2.24, 2.45) is 0 Å². The monoisotopic (exact) mass is 394 g/mol. The normalized spacial score (nSPS) is 11.1. The van der Waals surface area contributed by atoms with Gasteiger partial charge in [-0.25, -0.2) is 18.9 Å². The molecule has 0 atom stereocenters. The third-order valence-corrected chi connectivity index (χ3v) is 4.72. The van der Waals surface area contributed by atoms with E-state index in [1.807, 2.05) is 0 Å². The van der Waals surface area contributed by atoms with E-state index in [1.54, 1.807) is 61.5 Å². The SMILES string of the molecule is CCn1c(=O)c2ncn(C(=O)c3ccccc3)c2n(-c2ccc(Cl)cc2)c1=O. The summed E-state index contributed by atoms with van der Waals surface area (Å²) in [4.78, 5) is 43.0. The van der Waals surface area contributed by atoms with Gasteiger partial charge < -0.3 is 0 Å². The van der Waals surface area contributed by atoms with Gasteiger partial charge in [0.05, 0.1) is 5.69 Å². The van der Waals surface area contributed by atoms with Crippen LogP contribution in [0.25, 0.3) is 16.9 Å². The van der Waals surface area contributed by atoms with Crippen molar-refractivity contribution in [3.63, 3.8) is 0 Å². The Bertz CT molecular complexity index is 1300. The quantitative estimate of drug-likeness (QED) is 0.535. The molecule has 2 aromatic heterocycles. The zero-order valence-corrected chi connectivity index (χ0v) is 15.6. The first-order valence-corrected chi connectivity index (χ1v) is 8.99. The topological polar surface area (TPSA) is 78.9 Å². The Balaban J connectivity index is 2.10. The molecule has 2 aromatic carbocycles. The summed E-state index contributed by atoms with van der Waals surface area (Å²) in [7, 11) is 0. The molecule has 7 nitrogen and oxygen atoms in total. The highest BCUT2D eigenvalue weighted by Gasteiger charge is 2.22. The van der Waals surface area contributed by atoms with E-state index in [1.165, 1.54) is 15.5 Å². The van der Waals surface area contributed by atoms with Crippen LogP contribution in [0.3, 0.4) is 0 Å². The fourth-order valence-corrected chi connectivity index (χ4v) is 3.23. The van der Waals surface area contributed by atoms with Gasteiger partial charge in [-0.05, 0) is 43.3 Å². The average Bonchev–Trinajstić information content (AvgIpc) is 3.15. The molecule has 0 N–H and O–H groups in total. The largest absolute Gasteiger partial charge is 0.337 e. The van der Waals surface area contributed by atoms with Gasteiger partial charge >= 0.3 is 5.69 Å². The number of rotatable bonds is 3. The highest BCUT2D eigenvalue weighted by Crippen LogP contribution is 2.17. The zero-order valence-electron chi connectivity index (χ0n) is 14.9. The first kappa shape index (κ1) is 17.9. The predicted octanol–water partition coefficient (Wildman–Crippen LogP) is 2.71. The highest BCUT2D eigenvalue weighted by atomic mass is 35.5. The van der Waals surface area contributed by atoms with Gasteiger partial charge in [-0.15, -0.1) is 0 Å². The molecule has 0 amide bonds. The van der Waals surface area contributed by atoms with Crippen LogP contribution in [0, 0.1) is 0 Å². The molecule has 8 heteroatoms. The Labute approximate surface area is 164 Å². The summed E-state index contributed by atoms with van der Waals surface area (Å²) in [6.45, 7) is 1.88. The van der Waals surface area contributed by atoms with E-state index in [-0.39, 0.29) is 23.6 Å². The molecule has 0 saturated carbocycles. The van der Waals surface area contributed by atoms with Gasteiger partial charge in [0.15, 0.2) is 11.2 Å². The third-order valence-electron chi connectivity index (χ3n) is 4.46. The lowest BCUT2D eigenvalue weighted by Gasteiger charge is -2.13. The summed E-state index contributed by atoms with van der Waals surface area (Å²) in [5.41, 5.74) is -0.0328. The van der Waals surface area contributed by atoms with Crippen LogP contribution in [0.15, 0.2) is 70.5 Å². The minimum Gasteiger partial charge on any atom is -0.268 e. The summed E-state index contributed by atoms with van der Waals surface area (Å²) >= 11 is 5.97. The van der Waals surface area contributed by atoms with Gasteiger partial charge in [0.2, 0.25) is 0 Å². The number of aromatic nitrogens is 4. The van der Waals surface area contributed by atoms with Gasteiger partial charge in [0.1, 0.15) is 6.33 Å². The molecular formula is C20H15ClN4O3. The Morgan fingerprint density at radius 3 is 2.36 bits per heavy atom. The molecule has 0 aliphatic rings. The summed E-state index contributed by atoms with van der Waals surface area (Å²) < 4.78 is 3.62. The first-order valence-electron chi connectivity index (χ1n) is 8.61. The minimum atomic E-state index is -0.551. The number of hydrogen-bond donors (Lipinski definition) is 0. The first-order chi connectivity index (χ1) is 13.5. The van der Waals surface area contributed by atoms with Gasteiger partial charge in [0.25, 0.3) is 11.5 Å². The second-order valence-electron chi connectivity index (χ2n) is 6.10. The summed E-state index contributed by atoms with van der Waals surface area (Å²) in [5.74, 6) is -0.390. The van der Waals surface area contributed by atoms with Crippen LogP contribution in [-0.4, -0.2) is 24.6 Å². The Morgan fingerprint density at radius 1 is 1.04 bits per heavy atom. The van der Waals surface area contributed by atoms with Crippen LogP contribution in [0.2, 0.25) is 5.02 Å². The van der Waals surface area contributed by atoms with E-state index in [9.17, 15) is 14.4 Å². The summed E-state index contributed by atoms with van der Waals surface area (Å²) in [6, 6.07) is 15.2. The Morgan fingerprint density at radius 2 is 1.71 bits per heavy atom. The summed E-state index contributed by atoms with van der Waals surface area (Å²) in [5, 5.41) is 0.505. The van der Waals surface area contributed by atoms with Crippen molar-refractivity contribution in [2.75, 3.05) is 0 Å². The molecule has 28 heavy (non-hydrogen) atoms. The van der Waals surface area contributed by atoms with E-state index in [4.69, 9.17) is 11.6 Å². The van der Waals surface area contributed by atoms with E-state index < -0.39 is 11.2 Å². The van der Waals surface area contributed by atoms with Crippen molar-refractivity contribution in [2.45, 2.75) is 13.5 Å². The lowest BCUT2D eigenvalue weighted by Crippen LogP contribution is -2.39. The molecule has 0 bridgehead atoms. The molecule has 4 rings (SSSR count). The standard InChI is InChI=1S/C20H15ClN4O3/c1-2-23-19(27)16-17(25(20(23)28)15-10-8-14(21)9-11-15)24(12-22-16)18(26)13-6-4-3-5-7-13/h3-12H,2H2,1H3. The van der Waals surface area contributed by atoms with Crippen LogP contribution in [0.1, 0.15) is 17.3 Å². The number of nitrogens with zero attached hydrogens (tertiary/aromatic N) is 4. The molecule has 2 heterocycles. The highest BCUT2D eigenvalue weighted by molar-refractivity contribution is 6.30. The second-order valence-corrected chi connectivity index (χ2v) is 6.54. The van der Waals surface area contributed by atoms with Crippen molar-refractivity contribution in [3.8, 4) is 5.69 Å². The van der Waals surface area contributed by atoms with Crippen molar-refractivity contribution >= 4 is 28.7 Å². The Kier molecular flexibility index (Phi) is 4.44. The number of benzene rings is 2. The van der Waals surface area contributed by atoms with Crippen molar-refractivity contribution < 1.29 is 4.79 Å². The maximum atomic E-state index is 13.1. The molecule has 0 spiro atoms. The fraction of sp³-hybridized carbons (Fsp3) is 0.100. The second kappa shape index (κ2) is 6.94. The summed E-state index contributed by atoms with van der Waals surface area (Å²) in [6.07, 6.45) is 1.27. The van der Waals surface area contributed by atoms with Gasteiger partial charge in [-0.1, -0.05) is 29.8 Å². The average molecular weight is 395 g/mol. The van der Waals surface area contributed by atoms with Crippen LogP contribution in [0.5, 0.6) is 0 Å². The number of fused-ring (bicyclic) bond motifs is 1. The molecule has 0 saturated heterocycles. The van der Waals surface area contributed by atoms with E-state index in [2.05, 4.69) is 4.98 Å². The molecular weight excluding hydrogens is 380 g/mol. The van der Waals surface area contributed by atoms with E-state index >= 15 is 0 Å². The number of hydrogen-bond acceptors (Lipinski definition) is 4. The van der Waals surface area contributed by atoms with Crippen molar-refractivity contribution in [3.05, 3.63) is 92.3 Å². The maximum Gasteiger partial charge on any atom is 0.337 e. The van der Waals surface area contributed by atoms with Crippen LogP contribution >= 0.6 is 11.6 Å².